The molecule has 0 bridgehead atoms. The van der Waals surface area contributed by atoms with Crippen molar-refractivity contribution in [1.82, 2.24) is 5.32 Å². The standard InChI is InChI=1S/C12H20N2O7/c1-14-6-7(16)5(13)9-10(8(6)17)20-11-12(18,21-9)4(15)2-3-19-11/h5-11,14,16-18H,2-3,13H2,1H3/t5?,6?,7?,8-,9?,10+,11?,12?/m0/s1. The van der Waals surface area contributed by atoms with Crippen LogP contribution in [0.4, 0.5) is 0 Å². The molecule has 8 atom stereocenters. The van der Waals surface area contributed by atoms with Gasteiger partial charge in [0.15, 0.2) is 5.78 Å². The fraction of sp³-hybridized carbons (Fsp3) is 0.917. The molecule has 2 heterocycles. The van der Waals surface area contributed by atoms with E-state index in [2.05, 4.69) is 5.32 Å². The summed E-state index contributed by atoms with van der Waals surface area (Å²) in [6.07, 6.45) is -5.50. The van der Waals surface area contributed by atoms with E-state index in [-0.39, 0.29) is 13.0 Å². The second-order valence-electron chi connectivity index (χ2n) is 5.63. The molecule has 9 nitrogen and oxygen atoms in total. The first kappa shape index (κ1) is 15.3. The van der Waals surface area contributed by atoms with Gasteiger partial charge in [0.1, 0.15) is 18.3 Å². The van der Waals surface area contributed by atoms with Crippen LogP contribution >= 0.6 is 0 Å². The highest BCUT2D eigenvalue weighted by Crippen LogP contribution is 2.38. The van der Waals surface area contributed by atoms with Crippen molar-refractivity contribution in [3.05, 3.63) is 0 Å². The highest BCUT2D eigenvalue weighted by Gasteiger charge is 2.62. The van der Waals surface area contributed by atoms with Crippen LogP contribution in [0.2, 0.25) is 0 Å². The molecule has 1 aliphatic carbocycles. The summed E-state index contributed by atoms with van der Waals surface area (Å²) in [6, 6.07) is -1.65. The maximum absolute atomic E-state index is 11.9. The molecule has 0 amide bonds. The number of hydrogen-bond donors (Lipinski definition) is 5. The van der Waals surface area contributed by atoms with Crippen molar-refractivity contribution in [2.24, 2.45) is 5.73 Å². The Morgan fingerprint density at radius 2 is 2.05 bits per heavy atom. The van der Waals surface area contributed by atoms with Crippen molar-refractivity contribution in [2.45, 2.75) is 55.0 Å². The van der Waals surface area contributed by atoms with E-state index in [1.54, 1.807) is 7.05 Å². The van der Waals surface area contributed by atoms with Crippen LogP contribution < -0.4 is 11.1 Å². The van der Waals surface area contributed by atoms with Gasteiger partial charge in [-0.3, -0.25) is 4.79 Å². The summed E-state index contributed by atoms with van der Waals surface area (Å²) in [5, 5.41) is 33.5. The molecule has 120 valence electrons. The lowest BCUT2D eigenvalue weighted by molar-refractivity contribution is -0.412. The van der Waals surface area contributed by atoms with Crippen LogP contribution in [0.15, 0.2) is 0 Å². The third-order valence-electron chi connectivity index (χ3n) is 4.42. The maximum atomic E-state index is 11.9. The minimum atomic E-state index is -2.25. The normalized spacial score (nSPS) is 54.0. The Labute approximate surface area is 121 Å². The minimum Gasteiger partial charge on any atom is -0.390 e. The average molecular weight is 304 g/mol. The number of Topliss-reactive ketones (excluding diaryl/α,β-unsaturated/α-hetero) is 1. The van der Waals surface area contributed by atoms with Crippen LogP contribution in [0.1, 0.15) is 6.42 Å². The third-order valence-corrected chi connectivity index (χ3v) is 4.42. The summed E-state index contributed by atoms with van der Waals surface area (Å²) in [6.45, 7) is 0.104. The van der Waals surface area contributed by atoms with E-state index in [1.165, 1.54) is 0 Å². The number of hydrogen-bond acceptors (Lipinski definition) is 9. The van der Waals surface area contributed by atoms with Gasteiger partial charge in [0, 0.05) is 6.42 Å². The number of nitrogens with one attached hydrogen (secondary N) is 1. The van der Waals surface area contributed by atoms with E-state index in [0.29, 0.717) is 0 Å². The summed E-state index contributed by atoms with van der Waals surface area (Å²) in [7, 11) is 1.57. The first-order valence-electron chi connectivity index (χ1n) is 6.89. The first-order valence-corrected chi connectivity index (χ1v) is 6.89. The van der Waals surface area contributed by atoms with Gasteiger partial charge in [0.25, 0.3) is 5.79 Å². The summed E-state index contributed by atoms with van der Waals surface area (Å²) in [5.74, 6) is -2.81. The number of fused-ring (bicyclic) bond motifs is 2. The lowest BCUT2D eigenvalue weighted by atomic mass is 9.80. The second kappa shape index (κ2) is 5.21. The van der Waals surface area contributed by atoms with Gasteiger partial charge in [-0.15, -0.1) is 0 Å². The van der Waals surface area contributed by atoms with Crippen LogP contribution in [-0.2, 0) is 19.0 Å². The van der Waals surface area contributed by atoms with Gasteiger partial charge < -0.3 is 40.6 Å². The van der Waals surface area contributed by atoms with E-state index in [4.69, 9.17) is 19.9 Å². The molecule has 0 aromatic rings. The topological polar surface area (TPSA) is 144 Å². The van der Waals surface area contributed by atoms with Crippen molar-refractivity contribution in [1.29, 1.82) is 0 Å². The van der Waals surface area contributed by atoms with Gasteiger partial charge in [-0.05, 0) is 7.05 Å². The van der Waals surface area contributed by atoms with E-state index in [1.807, 2.05) is 0 Å². The fourth-order valence-corrected chi connectivity index (χ4v) is 3.18. The van der Waals surface area contributed by atoms with Crippen molar-refractivity contribution in [3.8, 4) is 0 Å². The molecule has 0 aromatic carbocycles. The van der Waals surface area contributed by atoms with E-state index < -0.39 is 54.4 Å². The second-order valence-corrected chi connectivity index (χ2v) is 5.63. The Morgan fingerprint density at radius 1 is 1.33 bits per heavy atom. The molecule has 0 aromatic heterocycles. The molecule has 3 rings (SSSR count). The lowest BCUT2D eigenvalue weighted by Gasteiger charge is -2.54. The van der Waals surface area contributed by atoms with Crippen LogP contribution in [-0.4, -0.2) is 83.3 Å². The highest BCUT2D eigenvalue weighted by molar-refractivity contribution is 5.86. The Hall–Kier alpha value is -0.650. The number of nitrogens with two attached hydrogens (primary N) is 1. The summed E-state index contributed by atoms with van der Waals surface area (Å²) >= 11 is 0. The van der Waals surface area contributed by atoms with E-state index in [0.717, 1.165) is 0 Å². The number of carbonyl (C=O) groups is 1. The van der Waals surface area contributed by atoms with Gasteiger partial charge in [0.05, 0.1) is 24.8 Å². The molecule has 9 heteroatoms. The SMILES string of the molecule is CNC1C(O)C(N)C2OC3(O)C(=O)CCOC3O[C@@H]2[C@H]1O. The number of ether oxygens (including phenoxy) is 3. The lowest BCUT2D eigenvalue weighted by Crippen LogP contribution is -2.77. The molecule has 6 N–H and O–H groups in total. The number of likely N-dealkylation sites (N-methyl/N-ethyl adjacent to an activating group) is 1. The van der Waals surface area contributed by atoms with Gasteiger partial charge >= 0.3 is 0 Å². The van der Waals surface area contributed by atoms with Gasteiger partial charge in [-0.2, -0.15) is 0 Å². The van der Waals surface area contributed by atoms with Crippen LogP contribution in [0.3, 0.4) is 0 Å². The molecule has 0 radical (unpaired) electrons. The average Bonchev–Trinajstić information content (AvgIpc) is 2.46. The first-order chi connectivity index (χ1) is 9.90. The molecule has 3 fully saturated rings. The minimum absolute atomic E-state index is 0.00671. The number of ketones is 1. The molecule has 2 saturated heterocycles. The van der Waals surface area contributed by atoms with Crippen LogP contribution in [0, 0.1) is 0 Å². The summed E-state index contributed by atoms with van der Waals surface area (Å²) in [4.78, 5) is 11.9. The Kier molecular flexibility index (Phi) is 3.79. The van der Waals surface area contributed by atoms with Gasteiger partial charge in [0.2, 0.25) is 6.29 Å². The molecule has 0 spiro atoms. The quantitative estimate of drug-likeness (QED) is 0.332. The Morgan fingerprint density at radius 3 is 2.71 bits per heavy atom. The van der Waals surface area contributed by atoms with Gasteiger partial charge in [-0.25, -0.2) is 0 Å². The Balaban J connectivity index is 1.90. The number of aliphatic hydroxyl groups excluding tert-OH is 2. The largest absolute Gasteiger partial charge is 0.390 e. The van der Waals surface area contributed by atoms with E-state index in [9.17, 15) is 20.1 Å². The molecule has 6 unspecified atom stereocenters. The maximum Gasteiger partial charge on any atom is 0.280 e. The summed E-state index contributed by atoms with van der Waals surface area (Å²) < 4.78 is 16.2. The van der Waals surface area contributed by atoms with E-state index >= 15 is 0 Å². The van der Waals surface area contributed by atoms with Crippen molar-refractivity contribution < 1.29 is 34.3 Å². The van der Waals surface area contributed by atoms with Gasteiger partial charge in [-0.1, -0.05) is 0 Å². The molecule has 21 heavy (non-hydrogen) atoms. The van der Waals surface area contributed by atoms with Crippen molar-refractivity contribution in [3.63, 3.8) is 0 Å². The molecule has 3 aliphatic rings. The fourth-order valence-electron chi connectivity index (χ4n) is 3.18. The van der Waals surface area contributed by atoms with Crippen molar-refractivity contribution >= 4 is 5.78 Å². The monoisotopic (exact) mass is 304 g/mol. The zero-order valence-electron chi connectivity index (χ0n) is 11.5. The zero-order chi connectivity index (χ0) is 15.4. The Bertz CT molecular complexity index is 436. The molecular formula is C12H20N2O7. The van der Waals surface area contributed by atoms with Crippen LogP contribution in [0.25, 0.3) is 0 Å². The number of aliphatic hydroxyl groups is 3. The molecule has 2 aliphatic heterocycles. The van der Waals surface area contributed by atoms with Crippen LogP contribution in [0.5, 0.6) is 0 Å². The molecule has 1 saturated carbocycles. The third kappa shape index (κ3) is 2.13. The number of rotatable bonds is 1. The van der Waals surface area contributed by atoms with Crippen molar-refractivity contribution in [2.75, 3.05) is 13.7 Å². The predicted octanol–water partition coefficient (Wildman–Crippen LogP) is -3.57. The smallest absolute Gasteiger partial charge is 0.280 e. The molecular weight excluding hydrogens is 284 g/mol. The number of carbonyl (C=O) groups excluding carboxylic acids is 1. The highest BCUT2D eigenvalue weighted by atomic mass is 16.8. The summed E-state index contributed by atoms with van der Waals surface area (Å²) in [5.41, 5.74) is 5.92. The predicted molar refractivity (Wildman–Crippen MR) is 66.9 cm³/mol. The zero-order valence-corrected chi connectivity index (χ0v) is 11.5.